The first-order chi connectivity index (χ1) is 17.2. The van der Waals surface area contributed by atoms with Gasteiger partial charge >= 0.3 is 6.18 Å². The molecule has 1 aliphatic rings. The summed E-state index contributed by atoms with van der Waals surface area (Å²) in [5.41, 5.74) is 7.28. The number of nitrogens with zero attached hydrogens (tertiary/aromatic N) is 5. The third-order valence-corrected chi connectivity index (χ3v) is 6.56. The van der Waals surface area contributed by atoms with Crippen LogP contribution in [0.25, 0.3) is 22.4 Å². The summed E-state index contributed by atoms with van der Waals surface area (Å²) in [4.78, 5) is 15.5. The van der Waals surface area contributed by atoms with E-state index in [4.69, 9.17) is 5.73 Å². The molecule has 2 aromatic heterocycles. The van der Waals surface area contributed by atoms with Gasteiger partial charge < -0.3 is 15.2 Å². The van der Waals surface area contributed by atoms with Gasteiger partial charge in [0.25, 0.3) is 0 Å². The summed E-state index contributed by atoms with van der Waals surface area (Å²) < 4.78 is 55.1. The lowest BCUT2D eigenvalue weighted by Crippen LogP contribution is -2.34. The first kappa shape index (κ1) is 23.8. The van der Waals surface area contributed by atoms with Crippen molar-refractivity contribution in [2.75, 3.05) is 23.7 Å². The van der Waals surface area contributed by atoms with Crippen molar-refractivity contribution in [2.24, 2.45) is 7.05 Å². The predicted octanol–water partition coefficient (Wildman–Crippen LogP) is 5.67. The Kier molecular flexibility index (Phi) is 6.11. The van der Waals surface area contributed by atoms with Crippen molar-refractivity contribution < 1.29 is 17.6 Å². The summed E-state index contributed by atoms with van der Waals surface area (Å²) in [5, 5.41) is 0. The molecule has 3 heterocycles. The number of nitrogens with two attached hydrogens (primary N) is 1. The Morgan fingerprint density at radius 3 is 2.39 bits per heavy atom. The Morgan fingerprint density at radius 1 is 0.972 bits per heavy atom. The van der Waals surface area contributed by atoms with E-state index in [0.29, 0.717) is 24.6 Å². The Hall–Kier alpha value is -3.95. The summed E-state index contributed by atoms with van der Waals surface area (Å²) in [6.45, 7) is 1.41. The van der Waals surface area contributed by atoms with Crippen LogP contribution in [0.2, 0.25) is 0 Å². The van der Waals surface area contributed by atoms with Gasteiger partial charge in [-0.05, 0) is 36.6 Å². The van der Waals surface area contributed by atoms with Crippen LogP contribution in [0, 0.1) is 5.82 Å². The van der Waals surface area contributed by atoms with Gasteiger partial charge in [0.1, 0.15) is 29.6 Å². The highest BCUT2D eigenvalue weighted by atomic mass is 19.4. The number of piperidine rings is 1. The molecule has 2 N–H and O–H groups in total. The van der Waals surface area contributed by atoms with E-state index in [-0.39, 0.29) is 11.5 Å². The molecule has 0 aliphatic carbocycles. The van der Waals surface area contributed by atoms with E-state index in [1.54, 1.807) is 6.20 Å². The van der Waals surface area contributed by atoms with Gasteiger partial charge in [0, 0.05) is 37.8 Å². The molecule has 1 saturated heterocycles. The van der Waals surface area contributed by atoms with E-state index in [1.807, 2.05) is 41.9 Å². The van der Waals surface area contributed by atoms with Crippen molar-refractivity contribution >= 4 is 11.6 Å². The number of hydrogen-bond donors (Lipinski definition) is 1. The van der Waals surface area contributed by atoms with Crippen LogP contribution in [0.5, 0.6) is 0 Å². The molecule has 0 saturated carbocycles. The number of hydrogen-bond acceptors (Lipinski definition) is 5. The summed E-state index contributed by atoms with van der Waals surface area (Å²) in [5.74, 6) is 0.795. The monoisotopic (exact) mass is 496 g/mol. The predicted molar refractivity (Wildman–Crippen MR) is 130 cm³/mol. The highest BCUT2D eigenvalue weighted by Gasteiger charge is 2.34. The van der Waals surface area contributed by atoms with Crippen molar-refractivity contribution in [1.29, 1.82) is 0 Å². The molecule has 6 nitrogen and oxygen atoms in total. The molecule has 0 amide bonds. The van der Waals surface area contributed by atoms with Crippen LogP contribution in [0.4, 0.5) is 29.2 Å². The summed E-state index contributed by atoms with van der Waals surface area (Å²) in [6.07, 6.45) is -0.0628. The fraction of sp³-hybridized carbons (Fsp3) is 0.269. The standard InChI is InChI=1S/C26H24F4N6/c1-35-14-21(18-7-8-20(27)19(13-18)26(28,29)30)34-24(35)17-9-11-36(12-10-17)25-22(23(31)32-15-33-25)16-5-3-2-4-6-16/h2-8,13-15,17H,9-12H2,1H3,(H2,31,32,33). The number of nitrogen functional groups attached to an aromatic ring is 1. The molecule has 1 fully saturated rings. The van der Waals surface area contributed by atoms with Crippen LogP contribution in [0.3, 0.4) is 0 Å². The van der Waals surface area contributed by atoms with Crippen LogP contribution in [0.15, 0.2) is 61.1 Å². The smallest absolute Gasteiger partial charge is 0.383 e. The molecular weight excluding hydrogens is 472 g/mol. The number of halogens is 4. The number of aromatic nitrogens is 4. The molecule has 36 heavy (non-hydrogen) atoms. The van der Waals surface area contributed by atoms with Crippen LogP contribution in [0.1, 0.15) is 30.1 Å². The number of aryl methyl sites for hydroxylation is 1. The van der Waals surface area contributed by atoms with Gasteiger partial charge in [-0.15, -0.1) is 0 Å². The van der Waals surface area contributed by atoms with Crippen molar-refractivity contribution in [1.82, 2.24) is 19.5 Å². The maximum atomic E-state index is 13.7. The van der Waals surface area contributed by atoms with E-state index >= 15 is 0 Å². The van der Waals surface area contributed by atoms with Crippen molar-refractivity contribution in [3.8, 4) is 22.4 Å². The molecule has 2 aromatic carbocycles. The number of benzene rings is 2. The minimum Gasteiger partial charge on any atom is -0.383 e. The molecule has 5 rings (SSSR count). The quantitative estimate of drug-likeness (QED) is 0.369. The van der Waals surface area contributed by atoms with E-state index < -0.39 is 17.6 Å². The highest BCUT2D eigenvalue weighted by molar-refractivity contribution is 5.84. The second kappa shape index (κ2) is 9.25. The SMILES string of the molecule is Cn1cc(-c2ccc(F)c(C(F)(F)F)c2)nc1C1CCN(c2ncnc(N)c2-c2ccccc2)CC1. The molecule has 0 radical (unpaired) electrons. The van der Waals surface area contributed by atoms with E-state index in [9.17, 15) is 17.6 Å². The number of alkyl halides is 3. The zero-order valence-electron chi connectivity index (χ0n) is 19.5. The van der Waals surface area contributed by atoms with E-state index in [1.165, 1.54) is 12.4 Å². The molecule has 0 atom stereocenters. The molecule has 0 unspecified atom stereocenters. The Bertz CT molecular complexity index is 1380. The number of anilines is 2. The third kappa shape index (κ3) is 4.50. The van der Waals surface area contributed by atoms with Gasteiger partial charge in [-0.2, -0.15) is 13.2 Å². The van der Waals surface area contributed by atoms with Gasteiger partial charge in [-0.1, -0.05) is 30.3 Å². The lowest BCUT2D eigenvalue weighted by molar-refractivity contribution is -0.139. The van der Waals surface area contributed by atoms with Crippen LogP contribution in [-0.2, 0) is 13.2 Å². The molecule has 0 spiro atoms. The molecule has 10 heteroatoms. The summed E-state index contributed by atoms with van der Waals surface area (Å²) >= 11 is 0. The second-order valence-corrected chi connectivity index (χ2v) is 8.87. The van der Waals surface area contributed by atoms with Gasteiger partial charge in [0.15, 0.2) is 0 Å². The Balaban J connectivity index is 1.37. The Morgan fingerprint density at radius 2 is 1.69 bits per heavy atom. The minimum atomic E-state index is -4.77. The third-order valence-electron chi connectivity index (χ3n) is 6.56. The average Bonchev–Trinajstić information content (AvgIpc) is 3.25. The molecule has 1 aliphatic heterocycles. The number of rotatable bonds is 4. The molecule has 0 bridgehead atoms. The fourth-order valence-corrected chi connectivity index (χ4v) is 4.76. The second-order valence-electron chi connectivity index (χ2n) is 8.87. The van der Waals surface area contributed by atoms with Crippen molar-refractivity contribution in [3.63, 3.8) is 0 Å². The van der Waals surface area contributed by atoms with Gasteiger partial charge in [0.2, 0.25) is 0 Å². The molecule has 186 valence electrons. The first-order valence-electron chi connectivity index (χ1n) is 11.5. The zero-order valence-corrected chi connectivity index (χ0v) is 19.5. The minimum absolute atomic E-state index is 0.113. The maximum Gasteiger partial charge on any atom is 0.419 e. The first-order valence-corrected chi connectivity index (χ1v) is 11.5. The Labute approximate surface area is 205 Å². The summed E-state index contributed by atoms with van der Waals surface area (Å²) in [7, 11) is 1.82. The largest absolute Gasteiger partial charge is 0.419 e. The van der Waals surface area contributed by atoms with Gasteiger partial charge in [0.05, 0.1) is 16.8 Å². The lowest BCUT2D eigenvalue weighted by atomic mass is 9.95. The molecular formula is C26H24F4N6. The van der Waals surface area contributed by atoms with Crippen LogP contribution < -0.4 is 10.6 Å². The number of imidazole rings is 1. The van der Waals surface area contributed by atoms with E-state index in [2.05, 4.69) is 19.9 Å². The summed E-state index contributed by atoms with van der Waals surface area (Å²) in [6, 6.07) is 12.7. The van der Waals surface area contributed by atoms with E-state index in [0.717, 1.165) is 47.7 Å². The lowest BCUT2D eigenvalue weighted by Gasteiger charge is -2.33. The normalized spacial score (nSPS) is 14.9. The highest BCUT2D eigenvalue weighted by Crippen LogP contribution is 2.38. The maximum absolute atomic E-state index is 13.7. The van der Waals surface area contributed by atoms with Gasteiger partial charge in [-0.25, -0.2) is 19.3 Å². The molecule has 4 aromatic rings. The van der Waals surface area contributed by atoms with Crippen LogP contribution in [-0.4, -0.2) is 32.6 Å². The van der Waals surface area contributed by atoms with Gasteiger partial charge in [-0.3, -0.25) is 0 Å². The van der Waals surface area contributed by atoms with Crippen LogP contribution >= 0.6 is 0 Å². The fourth-order valence-electron chi connectivity index (χ4n) is 4.76. The zero-order chi connectivity index (χ0) is 25.4. The van der Waals surface area contributed by atoms with Crippen molar-refractivity contribution in [2.45, 2.75) is 24.9 Å². The van der Waals surface area contributed by atoms with Crippen molar-refractivity contribution in [3.05, 3.63) is 78.3 Å². The topological polar surface area (TPSA) is 72.9 Å². The average molecular weight is 497 g/mol.